The van der Waals surface area contributed by atoms with Gasteiger partial charge in [-0.15, -0.1) is 0 Å². The molecule has 4 fully saturated rings. The Kier molecular flexibility index (Phi) is 2.92. The minimum atomic E-state index is -0.601. The second-order valence-electron chi connectivity index (χ2n) is 9.21. The van der Waals surface area contributed by atoms with Crippen LogP contribution in [0.5, 0.6) is 0 Å². The van der Waals surface area contributed by atoms with Gasteiger partial charge in [0.1, 0.15) is 5.78 Å². The van der Waals surface area contributed by atoms with Crippen LogP contribution >= 0.6 is 0 Å². The van der Waals surface area contributed by atoms with E-state index in [-0.39, 0.29) is 16.7 Å². The van der Waals surface area contributed by atoms with E-state index in [4.69, 9.17) is 0 Å². The summed E-state index contributed by atoms with van der Waals surface area (Å²) in [7, 11) is 0. The summed E-state index contributed by atoms with van der Waals surface area (Å²) < 4.78 is 0. The zero-order chi connectivity index (χ0) is 15.8. The van der Waals surface area contributed by atoms with Crippen LogP contribution in [0.1, 0.15) is 71.6 Å². The Morgan fingerprint density at radius 2 is 1.86 bits per heavy atom. The van der Waals surface area contributed by atoms with Gasteiger partial charge in [0.2, 0.25) is 0 Å². The second-order valence-corrected chi connectivity index (χ2v) is 9.21. The topological polar surface area (TPSA) is 54.4 Å². The summed E-state index contributed by atoms with van der Waals surface area (Å²) in [6, 6.07) is 0. The lowest BCUT2D eigenvalue weighted by molar-refractivity contribution is -0.181. The van der Waals surface area contributed by atoms with Crippen molar-refractivity contribution in [1.82, 2.24) is 0 Å². The van der Waals surface area contributed by atoms with E-state index in [1.165, 1.54) is 0 Å². The minimum Gasteiger partial charge on any atom is -0.481 e. The standard InChI is InChI=1S/C19H28O3/c1-17-7-3-8-18(2,16(21)22)14(17)6-9-19-10-12(13(20)11-19)4-5-15(17)19/h12,14-15H,3-11H2,1-2H3,(H,21,22)/t12-,14+,15+,17-,18-,19-/m0/s1. The summed E-state index contributed by atoms with van der Waals surface area (Å²) in [5.74, 6) is 1.08. The maximum absolute atomic E-state index is 12.3. The quantitative estimate of drug-likeness (QED) is 0.795. The van der Waals surface area contributed by atoms with Crippen molar-refractivity contribution >= 4 is 11.8 Å². The van der Waals surface area contributed by atoms with Crippen LogP contribution in [0.3, 0.4) is 0 Å². The van der Waals surface area contributed by atoms with Gasteiger partial charge in [0, 0.05) is 12.3 Å². The molecule has 3 nitrogen and oxygen atoms in total. The van der Waals surface area contributed by atoms with E-state index in [0.29, 0.717) is 17.6 Å². The summed E-state index contributed by atoms with van der Waals surface area (Å²) in [5.41, 5.74) is -0.213. The Morgan fingerprint density at radius 3 is 2.59 bits per heavy atom. The highest BCUT2D eigenvalue weighted by Crippen LogP contribution is 2.70. The van der Waals surface area contributed by atoms with Crippen molar-refractivity contribution in [2.24, 2.45) is 34.0 Å². The van der Waals surface area contributed by atoms with Gasteiger partial charge in [-0.3, -0.25) is 9.59 Å². The van der Waals surface area contributed by atoms with E-state index in [1.807, 2.05) is 6.92 Å². The summed E-state index contributed by atoms with van der Waals surface area (Å²) in [4.78, 5) is 24.3. The average molecular weight is 304 g/mol. The van der Waals surface area contributed by atoms with Gasteiger partial charge in [0.05, 0.1) is 5.41 Å². The first-order valence-corrected chi connectivity index (χ1v) is 9.08. The fourth-order valence-electron chi connectivity index (χ4n) is 7.43. The smallest absolute Gasteiger partial charge is 0.309 e. The van der Waals surface area contributed by atoms with Crippen LogP contribution in [0.25, 0.3) is 0 Å². The zero-order valence-corrected chi connectivity index (χ0v) is 13.9. The van der Waals surface area contributed by atoms with Crippen LogP contribution in [0.4, 0.5) is 0 Å². The van der Waals surface area contributed by atoms with Crippen LogP contribution in [0, 0.1) is 34.0 Å². The molecule has 2 bridgehead atoms. The molecular weight excluding hydrogens is 276 g/mol. The van der Waals surface area contributed by atoms with Crippen LogP contribution in [-0.4, -0.2) is 16.9 Å². The van der Waals surface area contributed by atoms with Crippen LogP contribution < -0.4 is 0 Å². The van der Waals surface area contributed by atoms with Gasteiger partial charge in [-0.1, -0.05) is 13.3 Å². The zero-order valence-electron chi connectivity index (χ0n) is 13.9. The lowest BCUT2D eigenvalue weighted by atomic mass is 9.41. The van der Waals surface area contributed by atoms with E-state index >= 15 is 0 Å². The van der Waals surface area contributed by atoms with Crippen LogP contribution in [0.15, 0.2) is 0 Å². The highest BCUT2D eigenvalue weighted by atomic mass is 16.4. The number of hydrogen-bond acceptors (Lipinski definition) is 2. The molecule has 0 aliphatic heterocycles. The van der Waals surface area contributed by atoms with Gasteiger partial charge >= 0.3 is 5.97 Å². The molecule has 6 atom stereocenters. The fourth-order valence-corrected chi connectivity index (χ4v) is 7.43. The largest absolute Gasteiger partial charge is 0.481 e. The Bertz CT molecular complexity index is 541. The number of carboxylic acids is 1. The third-order valence-corrected chi connectivity index (χ3v) is 8.37. The van der Waals surface area contributed by atoms with Gasteiger partial charge < -0.3 is 5.11 Å². The second kappa shape index (κ2) is 4.36. The third-order valence-electron chi connectivity index (χ3n) is 8.37. The summed E-state index contributed by atoms with van der Waals surface area (Å²) in [5, 5.41) is 9.86. The molecule has 0 radical (unpaired) electrons. The molecule has 0 aromatic heterocycles. The SMILES string of the molecule is C[C@]12CCC[C@](C)(C(=O)O)[C@@H]1CC[C@]13CC(=O)[C@@H](CC[C@@H]12)C3. The van der Waals surface area contributed by atoms with E-state index in [2.05, 4.69) is 6.92 Å². The highest BCUT2D eigenvalue weighted by Gasteiger charge is 2.65. The molecule has 4 saturated carbocycles. The van der Waals surface area contributed by atoms with Crippen molar-refractivity contribution in [2.45, 2.75) is 71.6 Å². The normalized spacial score (nSPS) is 53.7. The number of hydrogen-bond donors (Lipinski definition) is 1. The van der Waals surface area contributed by atoms with Crippen molar-refractivity contribution in [3.05, 3.63) is 0 Å². The van der Waals surface area contributed by atoms with Crippen LogP contribution in [0.2, 0.25) is 0 Å². The van der Waals surface area contributed by atoms with Crippen LogP contribution in [-0.2, 0) is 9.59 Å². The number of ketones is 1. The Hall–Kier alpha value is -0.860. The first kappa shape index (κ1) is 14.7. The molecule has 1 N–H and O–H groups in total. The molecule has 3 heteroatoms. The Morgan fingerprint density at radius 1 is 1.09 bits per heavy atom. The van der Waals surface area contributed by atoms with Crippen molar-refractivity contribution in [1.29, 1.82) is 0 Å². The molecule has 4 aliphatic carbocycles. The fraction of sp³-hybridized carbons (Fsp3) is 0.895. The van der Waals surface area contributed by atoms with E-state index in [9.17, 15) is 14.7 Å². The minimum absolute atomic E-state index is 0.124. The van der Waals surface area contributed by atoms with E-state index in [1.54, 1.807) is 0 Å². The summed E-state index contributed by atoms with van der Waals surface area (Å²) in [6.07, 6.45) is 9.20. The lowest BCUT2D eigenvalue weighted by Gasteiger charge is -2.63. The molecule has 0 amide bonds. The predicted octanol–water partition coefficient (Wildman–Crippen LogP) is 4.05. The monoisotopic (exact) mass is 304 g/mol. The van der Waals surface area contributed by atoms with Gasteiger partial charge in [-0.25, -0.2) is 0 Å². The molecule has 1 spiro atoms. The number of fused-ring (bicyclic) bond motifs is 3. The van der Waals surface area contributed by atoms with E-state index < -0.39 is 11.4 Å². The number of Topliss-reactive ketones (excluding diaryl/α,β-unsaturated/α-hetero) is 1. The maximum Gasteiger partial charge on any atom is 0.309 e. The highest BCUT2D eigenvalue weighted by molar-refractivity contribution is 5.84. The molecule has 0 saturated heterocycles. The Labute approximate surface area is 132 Å². The molecule has 0 heterocycles. The lowest BCUT2D eigenvalue weighted by Crippen LogP contribution is -2.58. The van der Waals surface area contributed by atoms with Gasteiger partial charge in [0.25, 0.3) is 0 Å². The maximum atomic E-state index is 12.3. The predicted molar refractivity (Wildman–Crippen MR) is 83.3 cm³/mol. The molecule has 4 aliphatic rings. The molecule has 0 unspecified atom stereocenters. The number of carbonyl (C=O) groups is 2. The molecular formula is C19H28O3. The third kappa shape index (κ3) is 1.63. The first-order chi connectivity index (χ1) is 10.3. The van der Waals surface area contributed by atoms with Crippen molar-refractivity contribution in [2.75, 3.05) is 0 Å². The van der Waals surface area contributed by atoms with Gasteiger partial charge in [-0.2, -0.15) is 0 Å². The number of carbonyl (C=O) groups excluding carboxylic acids is 1. The average Bonchev–Trinajstić information content (AvgIpc) is 2.68. The van der Waals surface area contributed by atoms with Gasteiger partial charge in [0.15, 0.2) is 0 Å². The van der Waals surface area contributed by atoms with Gasteiger partial charge in [-0.05, 0) is 74.5 Å². The van der Waals surface area contributed by atoms with E-state index in [0.717, 1.165) is 57.8 Å². The summed E-state index contributed by atoms with van der Waals surface area (Å²) in [6.45, 7) is 4.35. The van der Waals surface area contributed by atoms with Crippen molar-refractivity contribution in [3.63, 3.8) is 0 Å². The molecule has 0 aromatic carbocycles. The van der Waals surface area contributed by atoms with Crippen molar-refractivity contribution < 1.29 is 14.7 Å². The number of rotatable bonds is 1. The number of carboxylic acid groups (broad SMARTS) is 1. The molecule has 22 heavy (non-hydrogen) atoms. The van der Waals surface area contributed by atoms with Crippen molar-refractivity contribution in [3.8, 4) is 0 Å². The molecule has 4 rings (SSSR count). The molecule has 122 valence electrons. The Balaban J connectivity index is 1.75. The first-order valence-electron chi connectivity index (χ1n) is 9.08. The molecule has 0 aromatic rings. The number of aliphatic carboxylic acids is 1. The summed E-state index contributed by atoms with van der Waals surface area (Å²) >= 11 is 0.